The Balaban J connectivity index is 1.85. The average Bonchev–Trinajstić information content (AvgIpc) is 3.06. The molecule has 0 radical (unpaired) electrons. The van der Waals surface area contributed by atoms with E-state index < -0.39 is 5.97 Å². The third-order valence-electron chi connectivity index (χ3n) is 4.83. The van der Waals surface area contributed by atoms with Crippen LogP contribution in [0.2, 0.25) is 0 Å². The van der Waals surface area contributed by atoms with E-state index in [1.165, 1.54) is 5.56 Å². The highest BCUT2D eigenvalue weighted by atomic mass is 16.4. The van der Waals surface area contributed by atoms with E-state index >= 15 is 0 Å². The van der Waals surface area contributed by atoms with Crippen molar-refractivity contribution < 1.29 is 14.7 Å². The van der Waals surface area contributed by atoms with Crippen LogP contribution in [0.1, 0.15) is 23.2 Å². The zero-order valence-electron chi connectivity index (χ0n) is 16.1. The molecule has 0 saturated heterocycles. The first-order valence-corrected chi connectivity index (χ1v) is 9.27. The molecule has 0 atom stereocenters. The first kappa shape index (κ1) is 19.4. The van der Waals surface area contributed by atoms with Crippen LogP contribution in [0.15, 0.2) is 60.7 Å². The fourth-order valence-corrected chi connectivity index (χ4v) is 3.17. The van der Waals surface area contributed by atoms with Crippen molar-refractivity contribution in [2.45, 2.75) is 33.2 Å². The number of nitrogens with one attached hydrogen (secondary N) is 1. The molecule has 0 unspecified atom stereocenters. The van der Waals surface area contributed by atoms with Crippen molar-refractivity contribution in [1.29, 1.82) is 0 Å². The molecular formula is C23H24N2O3. The van der Waals surface area contributed by atoms with Gasteiger partial charge < -0.3 is 15.0 Å². The van der Waals surface area contributed by atoms with Gasteiger partial charge in [-0.2, -0.15) is 0 Å². The van der Waals surface area contributed by atoms with Gasteiger partial charge in [-0.05, 0) is 61.2 Å². The molecule has 144 valence electrons. The van der Waals surface area contributed by atoms with E-state index in [9.17, 15) is 9.59 Å². The molecule has 2 aromatic carbocycles. The third kappa shape index (κ3) is 4.68. The Morgan fingerprint density at radius 3 is 2.39 bits per heavy atom. The Bertz CT molecular complexity index is 990. The Hall–Kier alpha value is -3.34. The number of amides is 1. The highest BCUT2D eigenvalue weighted by Crippen LogP contribution is 2.24. The third-order valence-corrected chi connectivity index (χ3v) is 4.83. The van der Waals surface area contributed by atoms with E-state index in [2.05, 4.69) is 5.32 Å². The maximum absolute atomic E-state index is 12.7. The van der Waals surface area contributed by atoms with E-state index in [0.717, 1.165) is 28.2 Å². The van der Waals surface area contributed by atoms with Crippen LogP contribution in [0.4, 0.5) is 5.69 Å². The van der Waals surface area contributed by atoms with Crippen LogP contribution in [0.3, 0.4) is 0 Å². The highest BCUT2D eigenvalue weighted by molar-refractivity contribution is 5.91. The maximum atomic E-state index is 12.7. The number of aliphatic carboxylic acids is 1. The largest absolute Gasteiger partial charge is 0.481 e. The summed E-state index contributed by atoms with van der Waals surface area (Å²) in [7, 11) is 0. The summed E-state index contributed by atoms with van der Waals surface area (Å²) in [5, 5.41) is 12.0. The number of anilines is 1. The second kappa shape index (κ2) is 8.57. The zero-order chi connectivity index (χ0) is 20.1. The van der Waals surface area contributed by atoms with Crippen molar-refractivity contribution in [2.75, 3.05) is 5.32 Å². The fraction of sp³-hybridized carbons (Fsp3) is 0.217. The zero-order valence-corrected chi connectivity index (χ0v) is 16.1. The normalized spacial score (nSPS) is 10.6. The fourth-order valence-electron chi connectivity index (χ4n) is 3.17. The molecule has 0 aliphatic heterocycles. The summed E-state index contributed by atoms with van der Waals surface area (Å²) >= 11 is 0. The number of hydrogen-bond acceptors (Lipinski definition) is 2. The lowest BCUT2D eigenvalue weighted by atomic mass is 10.1. The van der Waals surface area contributed by atoms with Crippen LogP contribution in [0.5, 0.6) is 0 Å². The first-order valence-electron chi connectivity index (χ1n) is 9.27. The summed E-state index contributed by atoms with van der Waals surface area (Å²) in [5.41, 5.74) is 5.76. The molecule has 28 heavy (non-hydrogen) atoms. The summed E-state index contributed by atoms with van der Waals surface area (Å²) in [5.74, 6) is -0.998. The number of aryl methyl sites for hydroxylation is 3. The molecule has 0 spiro atoms. The van der Waals surface area contributed by atoms with Gasteiger partial charge in [0, 0.05) is 17.1 Å². The minimum absolute atomic E-state index is 0.0248. The number of carboxylic acid groups (broad SMARTS) is 1. The molecule has 1 heterocycles. The van der Waals surface area contributed by atoms with Crippen LogP contribution >= 0.6 is 0 Å². The second-order valence-electron chi connectivity index (χ2n) is 6.90. The number of nitrogens with zero attached hydrogens (tertiary/aromatic N) is 1. The van der Waals surface area contributed by atoms with Gasteiger partial charge >= 0.3 is 5.97 Å². The minimum Gasteiger partial charge on any atom is -0.481 e. The van der Waals surface area contributed by atoms with Crippen LogP contribution in [0.25, 0.3) is 11.3 Å². The predicted molar refractivity (Wildman–Crippen MR) is 110 cm³/mol. The molecule has 0 bridgehead atoms. The molecule has 0 saturated carbocycles. The summed E-state index contributed by atoms with van der Waals surface area (Å²) < 4.78 is 1.90. The summed E-state index contributed by atoms with van der Waals surface area (Å²) in [6, 6.07) is 19.4. The lowest BCUT2D eigenvalue weighted by molar-refractivity contribution is -0.137. The number of rotatable bonds is 7. The summed E-state index contributed by atoms with van der Waals surface area (Å²) in [6.45, 7) is 4.16. The number of aromatic nitrogens is 1. The van der Waals surface area contributed by atoms with Crippen LogP contribution in [0, 0.1) is 13.8 Å². The lowest BCUT2D eigenvalue weighted by Crippen LogP contribution is -2.21. The molecule has 0 fully saturated rings. The quantitative estimate of drug-likeness (QED) is 0.641. The van der Waals surface area contributed by atoms with Gasteiger partial charge in [-0.3, -0.25) is 9.59 Å². The van der Waals surface area contributed by atoms with Crippen LogP contribution < -0.4 is 5.32 Å². The Kier molecular flexibility index (Phi) is 5.94. The van der Waals surface area contributed by atoms with Gasteiger partial charge in [0.15, 0.2) is 0 Å². The Morgan fingerprint density at radius 2 is 1.71 bits per heavy atom. The van der Waals surface area contributed by atoms with E-state index in [0.29, 0.717) is 6.42 Å². The lowest BCUT2D eigenvalue weighted by Gasteiger charge is -2.14. The van der Waals surface area contributed by atoms with Gasteiger partial charge in [0.1, 0.15) is 6.54 Å². The number of carbonyl (C=O) groups is 2. The standard InChI is InChI=1S/C23H24N2O3/c1-16-8-9-19(14-17(16)2)24-22(26)15-25-20(11-13-23(27)28)10-12-21(25)18-6-4-3-5-7-18/h3-10,12,14H,11,13,15H2,1-2H3,(H,24,26)(H,27,28). The molecule has 3 aromatic rings. The van der Waals surface area contributed by atoms with E-state index in [1.54, 1.807) is 0 Å². The molecule has 3 rings (SSSR count). The summed E-state index contributed by atoms with van der Waals surface area (Å²) in [4.78, 5) is 23.7. The average molecular weight is 376 g/mol. The van der Waals surface area contributed by atoms with Crippen LogP contribution in [-0.2, 0) is 22.6 Å². The predicted octanol–water partition coefficient (Wildman–Crippen LogP) is 4.43. The van der Waals surface area contributed by atoms with Gasteiger partial charge in [-0.1, -0.05) is 36.4 Å². The first-order chi connectivity index (χ1) is 13.4. The van der Waals surface area contributed by atoms with E-state index in [-0.39, 0.29) is 18.9 Å². The van der Waals surface area contributed by atoms with Gasteiger partial charge in [0.2, 0.25) is 5.91 Å². The number of benzene rings is 2. The van der Waals surface area contributed by atoms with Crippen LogP contribution in [-0.4, -0.2) is 21.6 Å². The Labute approximate surface area is 164 Å². The highest BCUT2D eigenvalue weighted by Gasteiger charge is 2.14. The van der Waals surface area contributed by atoms with Crippen molar-refractivity contribution >= 4 is 17.6 Å². The van der Waals surface area contributed by atoms with Gasteiger partial charge in [-0.25, -0.2) is 0 Å². The monoisotopic (exact) mass is 376 g/mol. The van der Waals surface area contributed by atoms with Crippen molar-refractivity contribution in [3.8, 4) is 11.3 Å². The van der Waals surface area contributed by atoms with Gasteiger partial charge in [0.05, 0.1) is 6.42 Å². The summed E-state index contributed by atoms with van der Waals surface area (Å²) in [6.07, 6.45) is 0.399. The van der Waals surface area contributed by atoms with Crippen molar-refractivity contribution in [3.63, 3.8) is 0 Å². The molecule has 0 aliphatic carbocycles. The minimum atomic E-state index is -0.853. The molecule has 0 aliphatic rings. The van der Waals surface area contributed by atoms with Gasteiger partial charge in [0.25, 0.3) is 0 Å². The Morgan fingerprint density at radius 1 is 0.964 bits per heavy atom. The molecule has 1 amide bonds. The van der Waals surface area contributed by atoms with E-state index in [1.807, 2.05) is 79.1 Å². The molecule has 5 nitrogen and oxygen atoms in total. The molecule has 5 heteroatoms. The molecular weight excluding hydrogens is 352 g/mol. The number of hydrogen-bond donors (Lipinski definition) is 2. The van der Waals surface area contributed by atoms with Crippen molar-refractivity contribution in [1.82, 2.24) is 4.57 Å². The topological polar surface area (TPSA) is 71.3 Å². The molecule has 1 aromatic heterocycles. The van der Waals surface area contributed by atoms with Crippen molar-refractivity contribution in [3.05, 3.63) is 77.5 Å². The van der Waals surface area contributed by atoms with E-state index in [4.69, 9.17) is 5.11 Å². The smallest absolute Gasteiger partial charge is 0.303 e. The number of carboxylic acids is 1. The van der Waals surface area contributed by atoms with Gasteiger partial charge in [-0.15, -0.1) is 0 Å². The maximum Gasteiger partial charge on any atom is 0.303 e. The molecule has 2 N–H and O–H groups in total. The number of carbonyl (C=O) groups excluding carboxylic acids is 1. The second-order valence-corrected chi connectivity index (χ2v) is 6.90. The van der Waals surface area contributed by atoms with Crippen molar-refractivity contribution in [2.24, 2.45) is 0 Å². The SMILES string of the molecule is Cc1ccc(NC(=O)Cn2c(CCC(=O)O)ccc2-c2ccccc2)cc1C.